The van der Waals surface area contributed by atoms with Gasteiger partial charge in [0.25, 0.3) is 15.9 Å². The molecular formula is C21H24N4O4S. The van der Waals surface area contributed by atoms with Crippen molar-refractivity contribution in [3.8, 4) is 5.88 Å². The average molecular weight is 429 g/mol. The number of sulfonamides is 1. The number of nitrogens with zero attached hydrogens (tertiary/aromatic N) is 4. The van der Waals surface area contributed by atoms with Crippen molar-refractivity contribution in [3.05, 3.63) is 66.2 Å². The molecule has 0 saturated heterocycles. The summed E-state index contributed by atoms with van der Waals surface area (Å²) in [5.74, 6) is 0.262. The topological polar surface area (TPSA) is 106 Å². The number of anilines is 2. The molecule has 1 atom stereocenters. The number of benzene rings is 1. The van der Waals surface area contributed by atoms with Gasteiger partial charge < -0.3 is 9.84 Å². The smallest absolute Gasteiger partial charge is 0.271 e. The highest BCUT2D eigenvalue weighted by atomic mass is 32.2. The molecule has 2 aromatic heterocycles. The quantitative estimate of drug-likeness (QED) is 0.588. The zero-order valence-electron chi connectivity index (χ0n) is 17.1. The summed E-state index contributed by atoms with van der Waals surface area (Å²) in [6.07, 6.45) is 4.96. The molecule has 3 rings (SSSR count). The maximum atomic E-state index is 13.5. The number of rotatable bonds is 8. The van der Waals surface area contributed by atoms with Crippen LogP contribution in [0.1, 0.15) is 18.2 Å². The van der Waals surface area contributed by atoms with Crippen LogP contribution in [0.2, 0.25) is 0 Å². The zero-order valence-corrected chi connectivity index (χ0v) is 17.9. The van der Waals surface area contributed by atoms with Gasteiger partial charge in [0.05, 0.1) is 24.7 Å². The molecule has 1 aromatic carbocycles. The summed E-state index contributed by atoms with van der Waals surface area (Å²) in [4.78, 5) is 12.5. The summed E-state index contributed by atoms with van der Waals surface area (Å²) in [7, 11) is -2.63. The van der Waals surface area contributed by atoms with Crippen LogP contribution in [-0.2, 0) is 16.4 Å². The summed E-state index contributed by atoms with van der Waals surface area (Å²) in [6.45, 7) is 3.77. The van der Waals surface area contributed by atoms with Crippen LogP contribution in [-0.4, -0.2) is 42.2 Å². The number of hydrogen-bond acceptors (Lipinski definition) is 7. The number of pyridine rings is 1. The molecule has 2 heterocycles. The number of aromatic nitrogens is 3. The minimum absolute atomic E-state index is 0.0207. The molecule has 0 aliphatic heterocycles. The van der Waals surface area contributed by atoms with Gasteiger partial charge in [-0.15, -0.1) is 0 Å². The molecular weight excluding hydrogens is 404 g/mol. The van der Waals surface area contributed by atoms with Gasteiger partial charge >= 0.3 is 0 Å². The lowest BCUT2D eigenvalue weighted by atomic mass is 10.0. The second-order valence-corrected chi connectivity index (χ2v) is 8.75. The fourth-order valence-corrected chi connectivity index (χ4v) is 4.35. The van der Waals surface area contributed by atoms with Gasteiger partial charge in [-0.1, -0.05) is 19.1 Å². The van der Waals surface area contributed by atoms with Crippen molar-refractivity contribution in [1.82, 2.24) is 15.0 Å². The first-order valence-electron chi connectivity index (χ1n) is 9.39. The number of aliphatic hydroxyl groups is 1. The van der Waals surface area contributed by atoms with Gasteiger partial charge in [-0.25, -0.2) is 22.7 Å². The molecule has 30 heavy (non-hydrogen) atoms. The van der Waals surface area contributed by atoms with Crippen LogP contribution < -0.4 is 9.04 Å². The molecule has 0 amide bonds. The lowest BCUT2D eigenvalue weighted by molar-refractivity contribution is 0.237. The summed E-state index contributed by atoms with van der Waals surface area (Å²) >= 11 is 0. The van der Waals surface area contributed by atoms with Crippen molar-refractivity contribution in [1.29, 1.82) is 0 Å². The third-order valence-corrected chi connectivity index (χ3v) is 6.17. The van der Waals surface area contributed by atoms with Gasteiger partial charge in [-0.2, -0.15) is 0 Å². The van der Waals surface area contributed by atoms with Gasteiger partial charge in [-0.3, -0.25) is 4.98 Å². The Balaban J connectivity index is 2.14. The van der Waals surface area contributed by atoms with E-state index in [0.29, 0.717) is 17.8 Å². The Morgan fingerprint density at radius 2 is 1.90 bits per heavy atom. The van der Waals surface area contributed by atoms with Crippen molar-refractivity contribution < 1.29 is 18.3 Å². The molecule has 0 aliphatic rings. The Hall–Kier alpha value is -3.04. The standard InChI is InChI=1S/C21H24N4O4S/c1-15(14-26)11-17-6-8-18(9-7-17)25(20-21(29-3)24-16(2)12-23-20)30(27,28)19-5-4-10-22-13-19/h4-10,12-13,15,26H,11,14H2,1-3H3. The third kappa shape index (κ3) is 4.58. The van der Waals surface area contributed by atoms with Crippen LogP contribution in [0.15, 0.2) is 59.9 Å². The fourth-order valence-electron chi connectivity index (χ4n) is 2.94. The van der Waals surface area contributed by atoms with E-state index in [9.17, 15) is 13.5 Å². The van der Waals surface area contributed by atoms with Crippen LogP contribution in [0.25, 0.3) is 0 Å². The van der Waals surface area contributed by atoms with Crippen LogP contribution in [0.5, 0.6) is 5.88 Å². The van der Waals surface area contributed by atoms with E-state index in [1.807, 2.05) is 19.1 Å². The highest BCUT2D eigenvalue weighted by molar-refractivity contribution is 7.93. The molecule has 0 aliphatic carbocycles. The number of aliphatic hydroxyl groups excluding tert-OH is 1. The van der Waals surface area contributed by atoms with E-state index in [1.165, 1.54) is 31.8 Å². The van der Waals surface area contributed by atoms with Gasteiger partial charge in [-0.05, 0) is 49.1 Å². The largest absolute Gasteiger partial charge is 0.478 e. The minimum atomic E-state index is -4.04. The molecule has 0 radical (unpaired) electrons. The molecule has 0 spiro atoms. The maximum absolute atomic E-state index is 13.5. The monoisotopic (exact) mass is 428 g/mol. The molecule has 8 nitrogen and oxygen atoms in total. The van der Waals surface area contributed by atoms with Crippen molar-refractivity contribution >= 4 is 21.5 Å². The highest BCUT2D eigenvalue weighted by Crippen LogP contribution is 2.36. The molecule has 1 N–H and O–H groups in total. The van der Waals surface area contributed by atoms with Gasteiger partial charge in [0.2, 0.25) is 5.82 Å². The SMILES string of the molecule is COc1nc(C)cnc1N(c1ccc(CC(C)CO)cc1)S(=O)(=O)c1cccnc1. The van der Waals surface area contributed by atoms with Gasteiger partial charge in [0, 0.05) is 19.0 Å². The van der Waals surface area contributed by atoms with Crippen LogP contribution in [0.3, 0.4) is 0 Å². The lowest BCUT2D eigenvalue weighted by Crippen LogP contribution is -2.28. The zero-order chi connectivity index (χ0) is 21.7. The van der Waals surface area contributed by atoms with Crippen molar-refractivity contribution in [2.75, 3.05) is 18.0 Å². The first-order chi connectivity index (χ1) is 14.4. The number of hydrogen-bond donors (Lipinski definition) is 1. The van der Waals surface area contributed by atoms with E-state index in [-0.39, 0.29) is 29.1 Å². The number of aryl methyl sites for hydroxylation is 1. The van der Waals surface area contributed by atoms with E-state index in [2.05, 4.69) is 15.0 Å². The summed E-state index contributed by atoms with van der Waals surface area (Å²) in [6, 6.07) is 10.1. The second kappa shape index (κ2) is 9.19. The van der Waals surface area contributed by atoms with E-state index < -0.39 is 10.0 Å². The van der Waals surface area contributed by atoms with E-state index in [1.54, 1.807) is 25.1 Å². The predicted octanol–water partition coefficient (Wildman–Crippen LogP) is 2.89. The first kappa shape index (κ1) is 21.7. The average Bonchev–Trinajstić information content (AvgIpc) is 2.76. The normalized spacial score (nSPS) is 12.4. The molecule has 0 fully saturated rings. The molecule has 9 heteroatoms. The Labute approximate surface area is 176 Å². The highest BCUT2D eigenvalue weighted by Gasteiger charge is 2.31. The third-order valence-electron chi connectivity index (χ3n) is 4.47. The summed E-state index contributed by atoms with van der Waals surface area (Å²) in [5.41, 5.74) is 1.97. The number of ether oxygens (including phenoxy) is 1. The molecule has 3 aromatic rings. The van der Waals surface area contributed by atoms with E-state index in [4.69, 9.17) is 4.74 Å². The second-order valence-electron chi connectivity index (χ2n) is 6.96. The van der Waals surface area contributed by atoms with E-state index in [0.717, 1.165) is 9.87 Å². The molecule has 158 valence electrons. The van der Waals surface area contributed by atoms with Crippen molar-refractivity contribution in [2.24, 2.45) is 5.92 Å². The molecule has 0 saturated carbocycles. The number of methoxy groups -OCH3 is 1. The van der Waals surface area contributed by atoms with Crippen LogP contribution in [0, 0.1) is 12.8 Å². The van der Waals surface area contributed by atoms with Crippen LogP contribution in [0.4, 0.5) is 11.5 Å². The first-order valence-corrected chi connectivity index (χ1v) is 10.8. The fraction of sp³-hybridized carbons (Fsp3) is 0.286. The van der Waals surface area contributed by atoms with Crippen molar-refractivity contribution in [2.45, 2.75) is 25.2 Å². The lowest BCUT2D eigenvalue weighted by Gasteiger charge is -2.24. The maximum Gasteiger partial charge on any atom is 0.271 e. The Morgan fingerprint density at radius 1 is 1.17 bits per heavy atom. The summed E-state index contributed by atoms with van der Waals surface area (Å²) < 4.78 is 33.5. The Morgan fingerprint density at radius 3 is 2.50 bits per heavy atom. The molecule has 1 unspecified atom stereocenters. The van der Waals surface area contributed by atoms with Crippen LogP contribution >= 0.6 is 0 Å². The van der Waals surface area contributed by atoms with Crippen molar-refractivity contribution in [3.63, 3.8) is 0 Å². The van der Waals surface area contributed by atoms with E-state index >= 15 is 0 Å². The minimum Gasteiger partial charge on any atom is -0.478 e. The van der Waals surface area contributed by atoms with Gasteiger partial charge in [0.1, 0.15) is 4.90 Å². The Bertz CT molecular complexity index is 1090. The van der Waals surface area contributed by atoms with Gasteiger partial charge in [0.15, 0.2) is 0 Å². The Kier molecular flexibility index (Phi) is 6.63. The molecule has 0 bridgehead atoms. The predicted molar refractivity (Wildman–Crippen MR) is 113 cm³/mol. The summed E-state index contributed by atoms with van der Waals surface area (Å²) in [5, 5.41) is 9.28.